The van der Waals surface area contributed by atoms with Crippen molar-refractivity contribution in [2.24, 2.45) is 5.73 Å². The van der Waals surface area contributed by atoms with E-state index in [0.29, 0.717) is 70.4 Å². The standard InChI is InChI=1S/C25H43N3O7.C20H35N3O5.C10H18O5/c1-7-32-12-13-34-19-10-9-11-28(16-19)21-15-18(23(30)33-8-2)14-20(22(21)26-17(3)29)27-24(31)35-25(4,5)6;1-4-26-9-10-28-16-7-6-8-23(13-16)18-12-15(20(25)27-5-2)11-17(21)19(18)22-14(3)24;1-9(2,3)14-7(11)13-8(12)15-10(4,5)6/h15,19-22H,7-14,16H2,1-6H3,(H,26,29)(H,27,31);12,16-19H,4-11,13,21H2,1-3H3,(H,22,24);1-6H3/t19-,20-,21+,22+;16-,17-,18+,19+;/m00./s1. The molecule has 0 aromatic carbocycles. The van der Waals surface area contributed by atoms with Crippen molar-refractivity contribution >= 4 is 42.2 Å². The summed E-state index contributed by atoms with van der Waals surface area (Å²) in [5.41, 5.74) is 5.34. The molecule has 2 saturated heterocycles. The third-order valence-corrected chi connectivity index (χ3v) is 12.0. The summed E-state index contributed by atoms with van der Waals surface area (Å²) < 4.78 is 52.4. The van der Waals surface area contributed by atoms with Crippen LogP contribution in [-0.2, 0) is 66.5 Å². The number of alkyl carbamates (subject to hydrolysis) is 1. The third kappa shape index (κ3) is 27.8. The molecule has 0 saturated carbocycles. The summed E-state index contributed by atoms with van der Waals surface area (Å²) in [6, 6.07) is -2.10. The van der Waals surface area contributed by atoms with Crippen LogP contribution in [0.5, 0.6) is 0 Å². The number of rotatable bonds is 19. The number of nitrogens with zero attached hydrogens (tertiary/aromatic N) is 2. The van der Waals surface area contributed by atoms with Gasteiger partial charge >= 0.3 is 30.3 Å². The number of hydrogen-bond acceptors (Lipinski definition) is 20. The molecule has 78 heavy (non-hydrogen) atoms. The summed E-state index contributed by atoms with van der Waals surface area (Å²) in [5.74, 6) is -1.09. The smallest absolute Gasteiger partial charge is 0.463 e. The van der Waals surface area contributed by atoms with Gasteiger partial charge in [0.1, 0.15) is 16.8 Å². The molecule has 23 nitrogen and oxygen atoms in total. The van der Waals surface area contributed by atoms with Crippen LogP contribution in [0.3, 0.4) is 0 Å². The number of piperidine rings is 2. The Balaban J connectivity index is 0.000000432. The lowest BCUT2D eigenvalue weighted by Crippen LogP contribution is -2.64. The Morgan fingerprint density at radius 1 is 0.564 bits per heavy atom. The van der Waals surface area contributed by atoms with E-state index in [1.54, 1.807) is 76.2 Å². The third-order valence-electron chi connectivity index (χ3n) is 12.0. The molecule has 2 heterocycles. The number of esters is 2. The molecule has 0 spiro atoms. The monoisotopic (exact) mass is 1110 g/mol. The fourth-order valence-corrected chi connectivity index (χ4v) is 9.05. The summed E-state index contributed by atoms with van der Waals surface area (Å²) in [4.78, 5) is 88.0. The molecule has 2 aliphatic heterocycles. The van der Waals surface area contributed by atoms with E-state index in [9.17, 15) is 33.6 Å². The van der Waals surface area contributed by atoms with Gasteiger partial charge in [0.15, 0.2) is 0 Å². The minimum atomic E-state index is -1.06. The van der Waals surface area contributed by atoms with Crippen LogP contribution in [0.15, 0.2) is 23.3 Å². The van der Waals surface area contributed by atoms with Gasteiger partial charge < -0.3 is 69.1 Å². The Morgan fingerprint density at radius 3 is 1.37 bits per heavy atom. The zero-order valence-electron chi connectivity index (χ0n) is 49.4. The van der Waals surface area contributed by atoms with Crippen molar-refractivity contribution in [1.29, 1.82) is 0 Å². The van der Waals surface area contributed by atoms with Crippen molar-refractivity contribution in [1.82, 2.24) is 25.8 Å². The molecular formula is C55H96N6O17. The number of amides is 3. The molecule has 2 fully saturated rings. The number of nitrogens with two attached hydrogens (primary N) is 1. The molecule has 4 rings (SSSR count). The van der Waals surface area contributed by atoms with E-state index in [0.717, 1.165) is 45.3 Å². The van der Waals surface area contributed by atoms with E-state index in [1.807, 2.05) is 26.0 Å². The maximum Gasteiger partial charge on any atom is 0.519 e. The quantitative estimate of drug-likeness (QED) is 0.0527. The first-order chi connectivity index (χ1) is 36.5. The Morgan fingerprint density at radius 2 is 0.974 bits per heavy atom. The Labute approximate surface area is 463 Å². The van der Waals surface area contributed by atoms with Crippen molar-refractivity contribution < 1.29 is 80.9 Å². The number of hydrogen-bond donors (Lipinski definition) is 4. The molecule has 0 unspecified atom stereocenters. The predicted molar refractivity (Wildman–Crippen MR) is 290 cm³/mol. The van der Waals surface area contributed by atoms with Crippen LogP contribution in [0.1, 0.15) is 142 Å². The molecule has 448 valence electrons. The molecule has 0 radical (unpaired) electrons. The van der Waals surface area contributed by atoms with Gasteiger partial charge in [0.25, 0.3) is 0 Å². The topological polar surface area (TPSA) is 280 Å². The summed E-state index contributed by atoms with van der Waals surface area (Å²) in [6.45, 7) is 32.9. The van der Waals surface area contributed by atoms with Crippen LogP contribution in [0.4, 0.5) is 14.4 Å². The van der Waals surface area contributed by atoms with Crippen molar-refractivity contribution in [2.75, 3.05) is 79.0 Å². The average Bonchev–Trinajstić information content (AvgIpc) is 3.31. The summed E-state index contributed by atoms with van der Waals surface area (Å²) in [6.07, 6.45) is 5.62. The van der Waals surface area contributed by atoms with Crippen LogP contribution in [0.2, 0.25) is 0 Å². The molecule has 3 amide bonds. The van der Waals surface area contributed by atoms with Gasteiger partial charge in [-0.3, -0.25) is 19.4 Å². The first kappa shape index (κ1) is 69.2. The second kappa shape index (κ2) is 34.3. The maximum atomic E-state index is 12.7. The van der Waals surface area contributed by atoms with Crippen LogP contribution in [0, 0.1) is 0 Å². The first-order valence-electron chi connectivity index (χ1n) is 27.5. The summed E-state index contributed by atoms with van der Waals surface area (Å²) >= 11 is 0. The number of nitrogens with one attached hydrogen (secondary N) is 3. The van der Waals surface area contributed by atoms with Gasteiger partial charge in [-0.05, 0) is 135 Å². The van der Waals surface area contributed by atoms with Crippen LogP contribution in [0.25, 0.3) is 0 Å². The number of carbonyl (C=O) groups is 7. The highest BCUT2D eigenvalue weighted by molar-refractivity contribution is 5.90. The zero-order valence-corrected chi connectivity index (χ0v) is 49.4. The van der Waals surface area contributed by atoms with Gasteiger partial charge in [-0.25, -0.2) is 24.0 Å². The Bertz CT molecular complexity index is 1940. The largest absolute Gasteiger partial charge is 0.519 e. The number of likely N-dealkylation sites (tertiary alicyclic amines) is 2. The molecule has 23 heteroatoms. The molecule has 8 atom stereocenters. The Kier molecular flexibility index (Phi) is 30.4. The first-order valence-corrected chi connectivity index (χ1v) is 27.5. The summed E-state index contributed by atoms with van der Waals surface area (Å²) in [5, 5.41) is 8.87. The predicted octanol–water partition coefficient (Wildman–Crippen LogP) is 5.63. The normalized spacial score (nSPS) is 23.9. The van der Waals surface area contributed by atoms with Gasteiger partial charge in [0, 0.05) is 63.8 Å². The lowest BCUT2D eigenvalue weighted by Gasteiger charge is -2.45. The van der Waals surface area contributed by atoms with Crippen LogP contribution >= 0.6 is 0 Å². The van der Waals surface area contributed by atoms with E-state index < -0.39 is 53.3 Å². The van der Waals surface area contributed by atoms with Gasteiger partial charge in [-0.15, -0.1) is 0 Å². The number of ether oxygens (including phenoxy) is 10. The van der Waals surface area contributed by atoms with Gasteiger partial charge in [0.2, 0.25) is 11.8 Å². The molecule has 0 bridgehead atoms. The second-order valence-electron chi connectivity index (χ2n) is 22.3. The van der Waals surface area contributed by atoms with E-state index in [4.69, 9.17) is 48.4 Å². The molecule has 0 aromatic rings. The zero-order chi connectivity index (χ0) is 58.8. The van der Waals surface area contributed by atoms with Gasteiger partial charge in [0.05, 0.1) is 82.1 Å². The molecule has 4 aliphatic rings. The summed E-state index contributed by atoms with van der Waals surface area (Å²) in [7, 11) is 0. The molecule has 0 aromatic heterocycles. The molecular weight excluding hydrogens is 1020 g/mol. The molecule has 5 N–H and O–H groups in total. The maximum absolute atomic E-state index is 12.7. The fourth-order valence-electron chi connectivity index (χ4n) is 9.05. The second-order valence-corrected chi connectivity index (χ2v) is 22.3. The Hall–Kier alpha value is -4.91. The molecule has 2 aliphatic carbocycles. The number of carbonyl (C=O) groups excluding carboxylic acids is 7. The lowest BCUT2D eigenvalue weighted by atomic mass is 9.84. The van der Waals surface area contributed by atoms with Crippen molar-refractivity contribution in [2.45, 2.75) is 208 Å². The van der Waals surface area contributed by atoms with Crippen molar-refractivity contribution in [3.05, 3.63) is 23.3 Å². The average molecular weight is 1110 g/mol. The minimum absolute atomic E-state index is 0.0146. The van der Waals surface area contributed by atoms with E-state index in [2.05, 4.69) is 30.5 Å². The SMILES string of the molecule is CC(C)(C)OC(=O)OC(=O)OC(C)(C)C.CCOCCO[C@H]1CCCN([C@@H]2C=C(C(=O)OCC)C[C@H](N)[C@H]2NC(C)=O)C1.CCOCCO[C@H]1CCCN([C@@H]2C=C(C(=O)OCC)C[C@H](NC(=O)OC(C)(C)C)[C@H]2NC(C)=O)C1. The van der Waals surface area contributed by atoms with Gasteiger partial charge in [-0.1, -0.05) is 12.2 Å². The van der Waals surface area contributed by atoms with Crippen LogP contribution in [-0.4, -0.2) is 196 Å². The minimum Gasteiger partial charge on any atom is -0.463 e. The highest BCUT2D eigenvalue weighted by Gasteiger charge is 2.42. The lowest BCUT2D eigenvalue weighted by molar-refractivity contribution is -0.139. The highest BCUT2D eigenvalue weighted by Crippen LogP contribution is 2.29. The van der Waals surface area contributed by atoms with Crippen molar-refractivity contribution in [3.8, 4) is 0 Å². The van der Waals surface area contributed by atoms with E-state index in [1.165, 1.54) is 13.8 Å². The van der Waals surface area contributed by atoms with E-state index in [-0.39, 0.29) is 67.2 Å². The highest BCUT2D eigenvalue weighted by atomic mass is 16.8. The van der Waals surface area contributed by atoms with Crippen molar-refractivity contribution in [3.63, 3.8) is 0 Å². The van der Waals surface area contributed by atoms with E-state index >= 15 is 0 Å². The van der Waals surface area contributed by atoms with Gasteiger partial charge in [-0.2, -0.15) is 0 Å². The fraction of sp³-hybridized carbons (Fsp3) is 0.800. The van der Waals surface area contributed by atoms with Crippen LogP contribution < -0.4 is 21.7 Å².